The van der Waals surface area contributed by atoms with E-state index < -0.39 is 0 Å². The van der Waals surface area contributed by atoms with Crippen LogP contribution in [0.5, 0.6) is 0 Å². The number of nitrogens with zero attached hydrogens (tertiary/aromatic N) is 1. The second kappa shape index (κ2) is 5.28. The molecule has 0 amide bonds. The van der Waals surface area contributed by atoms with Crippen molar-refractivity contribution >= 4 is 10.8 Å². The van der Waals surface area contributed by atoms with Gasteiger partial charge in [0.05, 0.1) is 6.10 Å². The summed E-state index contributed by atoms with van der Waals surface area (Å²) in [7, 11) is 0. The van der Waals surface area contributed by atoms with E-state index in [1.807, 2.05) is 30.5 Å². The highest BCUT2D eigenvalue weighted by molar-refractivity contribution is 5.85. The first-order chi connectivity index (χ1) is 8.27. The van der Waals surface area contributed by atoms with Crippen molar-refractivity contribution in [2.75, 3.05) is 0 Å². The Morgan fingerprint density at radius 1 is 1.18 bits per heavy atom. The largest absolute Gasteiger partial charge is 0.388 e. The maximum Gasteiger partial charge on any atom is 0.0824 e. The fourth-order valence-corrected chi connectivity index (χ4v) is 2.39. The number of benzene rings is 1. The summed E-state index contributed by atoms with van der Waals surface area (Å²) >= 11 is 0. The van der Waals surface area contributed by atoms with E-state index in [9.17, 15) is 5.11 Å². The first kappa shape index (κ1) is 12.1. The molecule has 1 atom stereocenters. The van der Waals surface area contributed by atoms with Gasteiger partial charge < -0.3 is 5.11 Å². The molecular weight excluding hydrogens is 210 g/mol. The second-order valence-corrected chi connectivity index (χ2v) is 4.47. The Bertz CT molecular complexity index is 486. The molecule has 1 unspecified atom stereocenters. The molecule has 90 valence electrons. The molecule has 1 aromatic heterocycles. The van der Waals surface area contributed by atoms with Gasteiger partial charge in [-0.1, -0.05) is 44.9 Å². The molecule has 2 aromatic rings. The quantitative estimate of drug-likeness (QED) is 0.867. The van der Waals surface area contributed by atoms with Gasteiger partial charge in [-0.15, -0.1) is 0 Å². The third-order valence-corrected chi connectivity index (χ3v) is 3.53. The minimum atomic E-state index is -0.379. The number of fused-ring (bicyclic) bond motifs is 1. The monoisotopic (exact) mass is 229 g/mol. The summed E-state index contributed by atoms with van der Waals surface area (Å²) in [4.78, 5) is 4.12. The lowest BCUT2D eigenvalue weighted by molar-refractivity contribution is 0.105. The highest BCUT2D eigenvalue weighted by atomic mass is 16.3. The third-order valence-electron chi connectivity index (χ3n) is 3.53. The van der Waals surface area contributed by atoms with Crippen LogP contribution in [-0.4, -0.2) is 10.1 Å². The molecule has 2 nitrogen and oxygen atoms in total. The zero-order valence-corrected chi connectivity index (χ0v) is 10.4. The van der Waals surface area contributed by atoms with Gasteiger partial charge in [0, 0.05) is 17.8 Å². The molecule has 0 spiro atoms. The molecule has 0 saturated heterocycles. The van der Waals surface area contributed by atoms with Gasteiger partial charge in [-0.05, 0) is 22.9 Å². The Morgan fingerprint density at radius 3 is 2.65 bits per heavy atom. The van der Waals surface area contributed by atoms with Crippen molar-refractivity contribution in [2.24, 2.45) is 5.92 Å². The fourth-order valence-electron chi connectivity index (χ4n) is 2.39. The molecule has 0 saturated carbocycles. The van der Waals surface area contributed by atoms with Crippen LogP contribution in [0.25, 0.3) is 10.8 Å². The number of hydrogen-bond acceptors (Lipinski definition) is 2. The molecule has 2 rings (SSSR count). The van der Waals surface area contributed by atoms with E-state index in [-0.39, 0.29) is 6.10 Å². The van der Waals surface area contributed by atoms with Crippen molar-refractivity contribution in [3.63, 3.8) is 0 Å². The average molecular weight is 229 g/mol. The first-order valence-electron chi connectivity index (χ1n) is 6.28. The standard InChI is InChI=1S/C15H19NO/c1-3-11(4-2)15(17)14-7-5-6-12-10-16-9-8-13(12)14/h5-11,15,17H,3-4H2,1-2H3. The van der Waals surface area contributed by atoms with Crippen molar-refractivity contribution in [3.8, 4) is 0 Å². The van der Waals surface area contributed by atoms with Crippen LogP contribution in [0, 0.1) is 5.92 Å². The van der Waals surface area contributed by atoms with Crippen LogP contribution >= 0.6 is 0 Å². The van der Waals surface area contributed by atoms with E-state index in [0.717, 1.165) is 29.2 Å². The molecule has 1 N–H and O–H groups in total. The summed E-state index contributed by atoms with van der Waals surface area (Å²) in [6.07, 6.45) is 5.25. The molecule has 17 heavy (non-hydrogen) atoms. The van der Waals surface area contributed by atoms with Crippen LogP contribution in [0.2, 0.25) is 0 Å². The number of aliphatic hydroxyl groups is 1. The Hall–Kier alpha value is -1.41. The minimum Gasteiger partial charge on any atom is -0.388 e. The Balaban J connectivity index is 2.47. The highest BCUT2D eigenvalue weighted by Gasteiger charge is 2.19. The topological polar surface area (TPSA) is 33.1 Å². The molecule has 0 bridgehead atoms. The molecule has 0 fully saturated rings. The van der Waals surface area contributed by atoms with Crippen molar-refractivity contribution in [1.82, 2.24) is 4.98 Å². The van der Waals surface area contributed by atoms with Crippen LogP contribution < -0.4 is 0 Å². The number of pyridine rings is 1. The zero-order chi connectivity index (χ0) is 12.3. The molecule has 1 heterocycles. The van der Waals surface area contributed by atoms with E-state index in [1.165, 1.54) is 0 Å². The van der Waals surface area contributed by atoms with Gasteiger partial charge in [-0.2, -0.15) is 0 Å². The number of aromatic nitrogens is 1. The highest BCUT2D eigenvalue weighted by Crippen LogP contribution is 2.31. The number of rotatable bonds is 4. The summed E-state index contributed by atoms with van der Waals surface area (Å²) in [6, 6.07) is 8.03. The van der Waals surface area contributed by atoms with Gasteiger partial charge in [0.2, 0.25) is 0 Å². The summed E-state index contributed by atoms with van der Waals surface area (Å²) in [6.45, 7) is 4.26. The molecule has 0 radical (unpaired) electrons. The third kappa shape index (κ3) is 2.32. The summed E-state index contributed by atoms with van der Waals surface area (Å²) < 4.78 is 0. The van der Waals surface area contributed by atoms with Gasteiger partial charge in [0.1, 0.15) is 0 Å². The van der Waals surface area contributed by atoms with E-state index in [4.69, 9.17) is 0 Å². The Kier molecular flexibility index (Phi) is 3.75. The van der Waals surface area contributed by atoms with Crippen LogP contribution in [0.15, 0.2) is 36.7 Å². The van der Waals surface area contributed by atoms with Crippen molar-refractivity contribution < 1.29 is 5.11 Å². The predicted octanol–water partition coefficient (Wildman–Crippen LogP) is 3.70. The summed E-state index contributed by atoms with van der Waals surface area (Å²) in [5, 5.41) is 12.7. The van der Waals surface area contributed by atoms with Crippen molar-refractivity contribution in [1.29, 1.82) is 0 Å². The second-order valence-electron chi connectivity index (χ2n) is 4.47. The Labute approximate surface area is 102 Å². The average Bonchev–Trinajstić information content (AvgIpc) is 2.39. The van der Waals surface area contributed by atoms with Crippen molar-refractivity contribution in [3.05, 3.63) is 42.2 Å². The van der Waals surface area contributed by atoms with Crippen molar-refractivity contribution in [2.45, 2.75) is 32.8 Å². The van der Waals surface area contributed by atoms with Crippen LogP contribution in [-0.2, 0) is 0 Å². The van der Waals surface area contributed by atoms with Gasteiger partial charge >= 0.3 is 0 Å². The summed E-state index contributed by atoms with van der Waals surface area (Å²) in [5.74, 6) is 0.328. The predicted molar refractivity (Wildman–Crippen MR) is 70.8 cm³/mol. The maximum absolute atomic E-state index is 10.5. The lowest BCUT2D eigenvalue weighted by atomic mass is 9.89. The van der Waals surface area contributed by atoms with E-state index in [1.54, 1.807) is 6.20 Å². The smallest absolute Gasteiger partial charge is 0.0824 e. The van der Waals surface area contributed by atoms with E-state index >= 15 is 0 Å². The van der Waals surface area contributed by atoms with Crippen LogP contribution in [0.3, 0.4) is 0 Å². The van der Waals surface area contributed by atoms with Gasteiger partial charge in [0.25, 0.3) is 0 Å². The van der Waals surface area contributed by atoms with Crippen LogP contribution in [0.1, 0.15) is 38.4 Å². The fraction of sp³-hybridized carbons (Fsp3) is 0.400. The molecule has 1 aromatic carbocycles. The minimum absolute atomic E-state index is 0.328. The lowest BCUT2D eigenvalue weighted by Gasteiger charge is -2.21. The lowest BCUT2D eigenvalue weighted by Crippen LogP contribution is -2.11. The van der Waals surface area contributed by atoms with Crippen LogP contribution in [0.4, 0.5) is 0 Å². The molecule has 0 aliphatic heterocycles. The number of aliphatic hydroxyl groups excluding tert-OH is 1. The molecule has 0 aliphatic rings. The van der Waals surface area contributed by atoms with Gasteiger partial charge in [-0.3, -0.25) is 4.98 Å². The Morgan fingerprint density at radius 2 is 1.94 bits per heavy atom. The zero-order valence-electron chi connectivity index (χ0n) is 10.4. The first-order valence-corrected chi connectivity index (χ1v) is 6.28. The molecule has 2 heteroatoms. The van der Waals surface area contributed by atoms with Gasteiger partial charge in [0.15, 0.2) is 0 Å². The number of hydrogen-bond donors (Lipinski definition) is 1. The molecular formula is C15H19NO. The normalized spacial score (nSPS) is 13.2. The van der Waals surface area contributed by atoms with Gasteiger partial charge in [-0.25, -0.2) is 0 Å². The molecule has 0 aliphatic carbocycles. The maximum atomic E-state index is 10.5. The van der Waals surface area contributed by atoms with E-state index in [2.05, 4.69) is 18.8 Å². The van der Waals surface area contributed by atoms with E-state index in [0.29, 0.717) is 5.92 Å². The summed E-state index contributed by atoms with van der Waals surface area (Å²) in [5.41, 5.74) is 1.03. The SMILES string of the molecule is CCC(CC)C(O)c1cccc2cnccc12.